The van der Waals surface area contributed by atoms with E-state index >= 15 is 0 Å². The molecule has 3 aromatic carbocycles. The van der Waals surface area contributed by atoms with Gasteiger partial charge in [0, 0.05) is 12.0 Å². The summed E-state index contributed by atoms with van der Waals surface area (Å²) in [5.41, 5.74) is 2.03. The lowest BCUT2D eigenvalue weighted by atomic mass is 9.94. The highest BCUT2D eigenvalue weighted by Gasteiger charge is 2.26. The summed E-state index contributed by atoms with van der Waals surface area (Å²) in [5, 5.41) is 2.46. The van der Waals surface area contributed by atoms with E-state index in [2.05, 4.69) is 56.6 Å². The summed E-state index contributed by atoms with van der Waals surface area (Å²) >= 11 is 0. The number of rotatable bonds is 5. The van der Waals surface area contributed by atoms with Crippen LogP contribution in [-0.2, 0) is 6.42 Å². The van der Waals surface area contributed by atoms with Crippen molar-refractivity contribution in [3.63, 3.8) is 0 Å². The number of benzene rings is 3. The first kappa shape index (κ1) is 15.4. The average molecular weight is 304 g/mol. The minimum absolute atomic E-state index is 0.0804. The number of quaternary nitrogens is 1. The Bertz CT molecular complexity index is 803. The van der Waals surface area contributed by atoms with Crippen molar-refractivity contribution in [3.05, 3.63) is 83.9 Å². The highest BCUT2D eigenvalue weighted by atomic mass is 16.1. The van der Waals surface area contributed by atoms with Crippen molar-refractivity contribution in [2.24, 2.45) is 0 Å². The molecule has 0 bridgehead atoms. The number of nitrogens with one attached hydrogen (secondary N) is 1. The average Bonchev–Trinajstić information content (AvgIpc) is 2.59. The van der Waals surface area contributed by atoms with Gasteiger partial charge in [0.15, 0.2) is 6.04 Å². The third-order valence-corrected chi connectivity index (χ3v) is 4.38. The number of carbonyl (C=O) groups excluding carboxylic acids is 1. The van der Waals surface area contributed by atoms with Gasteiger partial charge in [0.25, 0.3) is 0 Å². The predicted molar refractivity (Wildman–Crippen MR) is 95.0 cm³/mol. The van der Waals surface area contributed by atoms with Crippen LogP contribution in [0.2, 0.25) is 0 Å². The molecule has 116 valence electrons. The summed E-state index contributed by atoms with van der Waals surface area (Å²) in [4.78, 5) is 14.1. The number of hydrogen-bond acceptors (Lipinski definition) is 1. The summed E-state index contributed by atoms with van der Waals surface area (Å²) in [6, 6.07) is 24.2. The molecule has 0 aliphatic rings. The molecule has 0 unspecified atom stereocenters. The molecule has 0 aliphatic carbocycles. The van der Waals surface area contributed by atoms with E-state index in [0.717, 1.165) is 16.9 Å². The van der Waals surface area contributed by atoms with Crippen LogP contribution in [-0.4, -0.2) is 25.9 Å². The van der Waals surface area contributed by atoms with Gasteiger partial charge in [-0.2, -0.15) is 0 Å². The molecule has 0 aliphatic heterocycles. The molecule has 2 heteroatoms. The van der Waals surface area contributed by atoms with Crippen LogP contribution in [0.5, 0.6) is 0 Å². The maximum Gasteiger partial charge on any atom is 0.220 e. The predicted octanol–water partition coefficient (Wildman–Crippen LogP) is 2.78. The quantitative estimate of drug-likeness (QED) is 0.719. The molecule has 0 saturated heterocycles. The fourth-order valence-corrected chi connectivity index (χ4v) is 3.05. The SMILES string of the molecule is C[NH+](C)[C@H](Cc1cccc2ccccc12)C(=O)c1ccccc1. The Labute approximate surface area is 137 Å². The molecule has 0 aromatic heterocycles. The van der Waals surface area contributed by atoms with Crippen LogP contribution in [0.15, 0.2) is 72.8 Å². The first-order chi connectivity index (χ1) is 11.2. The topological polar surface area (TPSA) is 21.5 Å². The number of hydrogen-bond donors (Lipinski definition) is 1. The zero-order chi connectivity index (χ0) is 16.2. The van der Waals surface area contributed by atoms with E-state index in [1.54, 1.807) is 0 Å². The molecule has 0 amide bonds. The van der Waals surface area contributed by atoms with Crippen LogP contribution in [0, 0.1) is 0 Å². The molecule has 23 heavy (non-hydrogen) atoms. The van der Waals surface area contributed by atoms with Gasteiger partial charge in [-0.15, -0.1) is 0 Å². The maximum atomic E-state index is 12.9. The van der Waals surface area contributed by atoms with E-state index < -0.39 is 0 Å². The number of likely N-dealkylation sites (N-methyl/N-ethyl adjacent to an activating group) is 1. The summed E-state index contributed by atoms with van der Waals surface area (Å²) < 4.78 is 0. The van der Waals surface area contributed by atoms with Crippen LogP contribution in [0.25, 0.3) is 10.8 Å². The van der Waals surface area contributed by atoms with E-state index in [-0.39, 0.29) is 11.8 Å². The molecule has 0 radical (unpaired) electrons. The Morgan fingerprint density at radius 2 is 1.52 bits per heavy atom. The van der Waals surface area contributed by atoms with Gasteiger partial charge in [-0.3, -0.25) is 4.79 Å². The second-order valence-corrected chi connectivity index (χ2v) is 6.20. The van der Waals surface area contributed by atoms with Crippen molar-refractivity contribution in [2.45, 2.75) is 12.5 Å². The minimum atomic E-state index is -0.0804. The molecule has 0 spiro atoms. The molecule has 1 atom stereocenters. The van der Waals surface area contributed by atoms with Crippen molar-refractivity contribution in [2.75, 3.05) is 14.1 Å². The maximum absolute atomic E-state index is 12.9. The van der Waals surface area contributed by atoms with E-state index in [1.165, 1.54) is 16.3 Å². The molecule has 2 nitrogen and oxygen atoms in total. The molecular weight excluding hydrogens is 282 g/mol. The van der Waals surface area contributed by atoms with Gasteiger partial charge in [-0.05, 0) is 16.3 Å². The van der Waals surface area contributed by atoms with Crippen LogP contribution in [0.1, 0.15) is 15.9 Å². The number of carbonyl (C=O) groups is 1. The summed E-state index contributed by atoms with van der Waals surface area (Å²) in [5.74, 6) is 0.207. The normalized spacial score (nSPS) is 12.5. The molecule has 0 saturated carbocycles. The number of ketones is 1. The van der Waals surface area contributed by atoms with E-state index in [1.807, 2.05) is 30.3 Å². The first-order valence-electron chi connectivity index (χ1n) is 8.03. The Kier molecular flexibility index (Phi) is 4.54. The third-order valence-electron chi connectivity index (χ3n) is 4.38. The summed E-state index contributed by atoms with van der Waals surface area (Å²) in [6.45, 7) is 0. The van der Waals surface area contributed by atoms with Crippen LogP contribution in [0.3, 0.4) is 0 Å². The number of fused-ring (bicyclic) bond motifs is 1. The highest BCUT2D eigenvalue weighted by Crippen LogP contribution is 2.20. The van der Waals surface area contributed by atoms with Crippen molar-refractivity contribution in [1.29, 1.82) is 0 Å². The smallest absolute Gasteiger partial charge is 0.220 e. The summed E-state index contributed by atoms with van der Waals surface area (Å²) in [7, 11) is 4.10. The molecule has 3 aromatic rings. The second kappa shape index (κ2) is 6.76. The van der Waals surface area contributed by atoms with Gasteiger partial charge in [0.1, 0.15) is 0 Å². The molecule has 1 N–H and O–H groups in total. The van der Waals surface area contributed by atoms with Gasteiger partial charge in [0.05, 0.1) is 14.1 Å². The van der Waals surface area contributed by atoms with Gasteiger partial charge in [0.2, 0.25) is 5.78 Å². The van der Waals surface area contributed by atoms with Gasteiger partial charge < -0.3 is 4.90 Å². The Hall–Kier alpha value is -2.45. The number of Topliss-reactive ketones (excluding diaryl/α,β-unsaturated/α-hetero) is 1. The zero-order valence-corrected chi connectivity index (χ0v) is 13.6. The van der Waals surface area contributed by atoms with Crippen molar-refractivity contribution >= 4 is 16.6 Å². The van der Waals surface area contributed by atoms with Crippen molar-refractivity contribution in [3.8, 4) is 0 Å². The first-order valence-corrected chi connectivity index (χ1v) is 8.03. The van der Waals surface area contributed by atoms with Crippen LogP contribution < -0.4 is 4.90 Å². The molecule has 0 heterocycles. The van der Waals surface area contributed by atoms with Gasteiger partial charge in [-0.1, -0.05) is 72.8 Å². The minimum Gasteiger partial charge on any atom is -0.331 e. The lowest BCUT2D eigenvalue weighted by Gasteiger charge is -2.21. The fourth-order valence-electron chi connectivity index (χ4n) is 3.05. The Balaban J connectivity index is 1.95. The Morgan fingerprint density at radius 1 is 0.870 bits per heavy atom. The zero-order valence-electron chi connectivity index (χ0n) is 13.6. The van der Waals surface area contributed by atoms with Crippen LogP contribution >= 0.6 is 0 Å². The summed E-state index contributed by atoms with van der Waals surface area (Å²) in [6.07, 6.45) is 0.747. The molecule has 0 fully saturated rings. The highest BCUT2D eigenvalue weighted by molar-refractivity contribution is 5.99. The lowest BCUT2D eigenvalue weighted by Crippen LogP contribution is -3.11. The molecule has 3 rings (SSSR count). The van der Waals surface area contributed by atoms with Gasteiger partial charge in [-0.25, -0.2) is 0 Å². The van der Waals surface area contributed by atoms with E-state index in [0.29, 0.717) is 0 Å². The fraction of sp³-hybridized carbons (Fsp3) is 0.190. The molecular formula is C21H22NO+. The van der Waals surface area contributed by atoms with E-state index in [9.17, 15) is 4.79 Å². The Morgan fingerprint density at radius 3 is 2.26 bits per heavy atom. The lowest BCUT2D eigenvalue weighted by molar-refractivity contribution is -0.874. The van der Waals surface area contributed by atoms with Crippen LogP contribution in [0.4, 0.5) is 0 Å². The van der Waals surface area contributed by atoms with E-state index in [4.69, 9.17) is 0 Å². The second-order valence-electron chi connectivity index (χ2n) is 6.20. The third kappa shape index (κ3) is 3.33. The largest absolute Gasteiger partial charge is 0.331 e. The van der Waals surface area contributed by atoms with Crippen molar-refractivity contribution in [1.82, 2.24) is 0 Å². The standard InChI is InChI=1S/C21H21NO/c1-22(2)20(21(23)17-10-4-3-5-11-17)15-18-13-8-12-16-9-6-7-14-19(16)18/h3-14,20H,15H2,1-2H3/p+1/t20-/m1/s1. The van der Waals surface area contributed by atoms with Crippen molar-refractivity contribution < 1.29 is 9.69 Å². The van der Waals surface area contributed by atoms with Gasteiger partial charge >= 0.3 is 0 Å². The monoisotopic (exact) mass is 304 g/mol.